The Balaban J connectivity index is 1.54. The lowest BCUT2D eigenvalue weighted by molar-refractivity contribution is 0.0946. The second kappa shape index (κ2) is 8.56. The summed E-state index contributed by atoms with van der Waals surface area (Å²) in [6, 6.07) is 12.5. The SMILES string of the molecule is CN(CCc1ccccc1)c1nc(C(=O)NC2CC2)cc(N2CCOCC2)n1. The van der Waals surface area contributed by atoms with E-state index < -0.39 is 0 Å². The zero-order valence-corrected chi connectivity index (χ0v) is 16.3. The van der Waals surface area contributed by atoms with E-state index in [1.165, 1.54) is 5.56 Å². The number of ether oxygens (including phenoxy) is 1. The number of nitrogens with one attached hydrogen (secondary N) is 1. The van der Waals surface area contributed by atoms with Gasteiger partial charge in [0.05, 0.1) is 13.2 Å². The van der Waals surface area contributed by atoms with Crippen LogP contribution in [-0.4, -0.2) is 61.8 Å². The summed E-state index contributed by atoms with van der Waals surface area (Å²) in [4.78, 5) is 26.1. The molecule has 0 radical (unpaired) electrons. The summed E-state index contributed by atoms with van der Waals surface area (Å²) in [5.74, 6) is 1.26. The van der Waals surface area contributed by atoms with Crippen molar-refractivity contribution in [1.82, 2.24) is 15.3 Å². The van der Waals surface area contributed by atoms with Crippen molar-refractivity contribution in [2.45, 2.75) is 25.3 Å². The van der Waals surface area contributed by atoms with Crippen LogP contribution in [0.4, 0.5) is 11.8 Å². The van der Waals surface area contributed by atoms with Crippen molar-refractivity contribution in [1.29, 1.82) is 0 Å². The third-order valence-electron chi connectivity index (χ3n) is 5.10. The number of benzene rings is 1. The molecule has 0 unspecified atom stereocenters. The van der Waals surface area contributed by atoms with E-state index >= 15 is 0 Å². The van der Waals surface area contributed by atoms with Crippen molar-refractivity contribution in [2.24, 2.45) is 0 Å². The smallest absolute Gasteiger partial charge is 0.270 e. The molecule has 7 nitrogen and oxygen atoms in total. The maximum atomic E-state index is 12.6. The van der Waals surface area contributed by atoms with Gasteiger partial charge in [0, 0.05) is 38.8 Å². The maximum absolute atomic E-state index is 12.6. The highest BCUT2D eigenvalue weighted by Crippen LogP contribution is 2.22. The number of carbonyl (C=O) groups excluding carboxylic acids is 1. The molecule has 0 atom stereocenters. The first kappa shape index (κ1) is 18.7. The molecule has 1 aliphatic heterocycles. The number of anilines is 2. The highest BCUT2D eigenvalue weighted by Gasteiger charge is 2.26. The molecule has 2 aromatic rings. The average molecular weight is 381 g/mol. The number of hydrogen-bond acceptors (Lipinski definition) is 6. The van der Waals surface area contributed by atoms with Gasteiger partial charge in [-0.3, -0.25) is 4.79 Å². The van der Waals surface area contributed by atoms with Crippen molar-refractivity contribution in [2.75, 3.05) is 49.7 Å². The molecule has 1 N–H and O–H groups in total. The van der Waals surface area contributed by atoms with Gasteiger partial charge in [-0.1, -0.05) is 30.3 Å². The van der Waals surface area contributed by atoms with E-state index in [1.807, 2.05) is 30.1 Å². The van der Waals surface area contributed by atoms with Crippen LogP contribution >= 0.6 is 0 Å². The maximum Gasteiger partial charge on any atom is 0.270 e. The summed E-state index contributed by atoms with van der Waals surface area (Å²) in [5, 5.41) is 3.03. The molecule has 0 bridgehead atoms. The van der Waals surface area contributed by atoms with Crippen LogP contribution in [0.5, 0.6) is 0 Å². The van der Waals surface area contributed by atoms with Crippen LogP contribution in [0.1, 0.15) is 28.9 Å². The lowest BCUT2D eigenvalue weighted by atomic mass is 10.1. The topological polar surface area (TPSA) is 70.6 Å². The van der Waals surface area contributed by atoms with Crippen LogP contribution < -0.4 is 15.1 Å². The number of rotatable bonds is 7. The van der Waals surface area contributed by atoms with Crippen molar-refractivity contribution < 1.29 is 9.53 Å². The first-order valence-corrected chi connectivity index (χ1v) is 9.97. The first-order valence-electron chi connectivity index (χ1n) is 9.97. The second-order valence-corrected chi connectivity index (χ2v) is 7.42. The predicted octanol–water partition coefficient (Wildman–Crippen LogP) is 1.88. The molecule has 0 spiro atoms. The average Bonchev–Trinajstić information content (AvgIpc) is 3.57. The standard InChI is InChI=1S/C21H27N5O2/c1-25(10-9-16-5-3-2-4-6-16)21-23-18(20(27)22-17-7-8-17)15-19(24-21)26-11-13-28-14-12-26/h2-6,15,17H,7-14H2,1H3,(H,22,27). The van der Waals surface area contributed by atoms with Gasteiger partial charge in [-0.25, -0.2) is 4.98 Å². The Morgan fingerprint density at radius 1 is 1.21 bits per heavy atom. The number of likely N-dealkylation sites (N-methyl/N-ethyl adjacent to an activating group) is 1. The van der Waals surface area contributed by atoms with E-state index in [0.29, 0.717) is 30.9 Å². The van der Waals surface area contributed by atoms with Crippen molar-refractivity contribution in [3.63, 3.8) is 0 Å². The van der Waals surface area contributed by atoms with Gasteiger partial charge in [0.2, 0.25) is 5.95 Å². The summed E-state index contributed by atoms with van der Waals surface area (Å²) in [6.07, 6.45) is 3.00. The van der Waals surface area contributed by atoms with Gasteiger partial charge in [-0.05, 0) is 24.8 Å². The quantitative estimate of drug-likeness (QED) is 0.790. The van der Waals surface area contributed by atoms with Crippen molar-refractivity contribution in [3.8, 4) is 0 Å². The molecule has 2 aliphatic rings. The molecule has 28 heavy (non-hydrogen) atoms. The Morgan fingerprint density at radius 2 is 1.96 bits per heavy atom. The Kier molecular flexibility index (Phi) is 5.71. The zero-order valence-electron chi connectivity index (χ0n) is 16.3. The number of amides is 1. The van der Waals surface area contributed by atoms with Gasteiger partial charge in [-0.2, -0.15) is 4.98 Å². The molecule has 148 valence electrons. The number of nitrogens with zero attached hydrogens (tertiary/aromatic N) is 4. The molecule has 1 saturated heterocycles. The molecular formula is C21H27N5O2. The summed E-state index contributed by atoms with van der Waals surface area (Å²) in [7, 11) is 1.98. The molecule has 1 aromatic heterocycles. The summed E-state index contributed by atoms with van der Waals surface area (Å²) in [5.41, 5.74) is 1.70. The van der Waals surface area contributed by atoms with Gasteiger partial charge in [0.1, 0.15) is 11.5 Å². The van der Waals surface area contributed by atoms with Gasteiger partial charge in [-0.15, -0.1) is 0 Å². The van der Waals surface area contributed by atoms with Crippen LogP contribution in [0.25, 0.3) is 0 Å². The summed E-state index contributed by atoms with van der Waals surface area (Å²) < 4.78 is 5.45. The highest BCUT2D eigenvalue weighted by molar-refractivity contribution is 5.93. The Labute approximate surface area is 165 Å². The van der Waals surface area contributed by atoms with Gasteiger partial charge >= 0.3 is 0 Å². The van der Waals surface area contributed by atoms with Crippen LogP contribution in [0.2, 0.25) is 0 Å². The predicted molar refractivity (Wildman–Crippen MR) is 109 cm³/mol. The van der Waals surface area contributed by atoms with Crippen LogP contribution in [0, 0.1) is 0 Å². The molecule has 1 aliphatic carbocycles. The largest absolute Gasteiger partial charge is 0.378 e. The van der Waals surface area contributed by atoms with Gasteiger partial charge in [0.15, 0.2) is 0 Å². The van der Waals surface area contributed by atoms with E-state index in [9.17, 15) is 4.79 Å². The number of aromatic nitrogens is 2. The fourth-order valence-corrected chi connectivity index (χ4v) is 3.19. The van der Waals surface area contributed by atoms with Crippen LogP contribution in [0.3, 0.4) is 0 Å². The summed E-state index contributed by atoms with van der Waals surface area (Å²) in [6.45, 7) is 3.67. The third-order valence-corrected chi connectivity index (χ3v) is 5.10. The van der Waals surface area contributed by atoms with Crippen LogP contribution in [0.15, 0.2) is 36.4 Å². The number of carbonyl (C=O) groups is 1. The van der Waals surface area contributed by atoms with E-state index in [-0.39, 0.29) is 5.91 Å². The van der Waals surface area contributed by atoms with Gasteiger partial charge < -0.3 is 19.9 Å². The van der Waals surface area contributed by atoms with E-state index in [2.05, 4.69) is 27.3 Å². The normalized spacial score (nSPS) is 16.7. The fraction of sp³-hybridized carbons (Fsp3) is 0.476. The molecule has 2 heterocycles. The Hall–Kier alpha value is -2.67. The van der Waals surface area contributed by atoms with E-state index in [0.717, 1.165) is 44.7 Å². The lowest BCUT2D eigenvalue weighted by Crippen LogP contribution is -2.37. The van der Waals surface area contributed by atoms with Crippen LogP contribution in [-0.2, 0) is 11.2 Å². The third kappa shape index (κ3) is 4.78. The lowest BCUT2D eigenvalue weighted by Gasteiger charge is -2.29. The number of hydrogen-bond donors (Lipinski definition) is 1. The van der Waals surface area contributed by atoms with E-state index in [4.69, 9.17) is 9.72 Å². The first-order chi connectivity index (χ1) is 13.7. The Morgan fingerprint density at radius 3 is 2.68 bits per heavy atom. The highest BCUT2D eigenvalue weighted by atomic mass is 16.5. The molecule has 1 amide bonds. The molecule has 1 saturated carbocycles. The van der Waals surface area contributed by atoms with Crippen molar-refractivity contribution in [3.05, 3.63) is 47.7 Å². The second-order valence-electron chi connectivity index (χ2n) is 7.42. The zero-order chi connectivity index (χ0) is 19.3. The Bertz CT molecular complexity index is 804. The molecule has 2 fully saturated rings. The molecule has 4 rings (SSSR count). The van der Waals surface area contributed by atoms with Crippen molar-refractivity contribution >= 4 is 17.7 Å². The van der Waals surface area contributed by atoms with Gasteiger partial charge in [0.25, 0.3) is 5.91 Å². The molecule has 1 aromatic carbocycles. The number of morpholine rings is 1. The minimum atomic E-state index is -0.114. The fourth-order valence-electron chi connectivity index (χ4n) is 3.19. The summed E-state index contributed by atoms with van der Waals surface area (Å²) >= 11 is 0. The minimum Gasteiger partial charge on any atom is -0.378 e. The molecular weight excluding hydrogens is 354 g/mol. The minimum absolute atomic E-state index is 0.114. The van der Waals surface area contributed by atoms with E-state index in [1.54, 1.807) is 6.07 Å². The molecule has 7 heteroatoms. The monoisotopic (exact) mass is 381 g/mol.